The molecular weight excluding hydrogens is 444 g/mol. The quantitative estimate of drug-likeness (QED) is 0.306. The molecule has 0 aliphatic carbocycles. The Bertz CT molecular complexity index is 1150. The first-order chi connectivity index (χ1) is 15.8. The van der Waals surface area contributed by atoms with E-state index in [2.05, 4.69) is 10.4 Å². The second-order valence-corrected chi connectivity index (χ2v) is 9.26. The van der Waals surface area contributed by atoms with Crippen molar-refractivity contribution in [2.75, 3.05) is 18.5 Å². The summed E-state index contributed by atoms with van der Waals surface area (Å²) in [5, 5.41) is 7.03. The van der Waals surface area contributed by atoms with Crippen LogP contribution >= 0.6 is 7.60 Å². The molecule has 1 aromatic heterocycles. The lowest BCUT2D eigenvalue weighted by Crippen LogP contribution is -2.07. The minimum Gasteiger partial charge on any atom is -0.323 e. The maximum atomic E-state index is 13.2. The number of aromatic nitrogens is 2. The topological polar surface area (TPSA) is 82.5 Å². The summed E-state index contributed by atoms with van der Waals surface area (Å²) in [7, 11) is -1.40. The Morgan fingerprint density at radius 1 is 1.09 bits per heavy atom. The molecule has 9 heteroatoms. The second-order valence-electron chi connectivity index (χ2n) is 7.20. The van der Waals surface area contributed by atoms with Crippen molar-refractivity contribution in [3.63, 3.8) is 0 Å². The van der Waals surface area contributed by atoms with Crippen molar-refractivity contribution < 1.29 is 22.8 Å². The van der Waals surface area contributed by atoms with E-state index in [0.29, 0.717) is 18.9 Å². The summed E-state index contributed by atoms with van der Waals surface area (Å²) in [6, 6.07) is 13.1. The van der Waals surface area contributed by atoms with Gasteiger partial charge in [0.1, 0.15) is 5.82 Å². The third-order valence-corrected chi connectivity index (χ3v) is 6.80. The predicted octanol–water partition coefficient (Wildman–Crippen LogP) is 5.64. The van der Waals surface area contributed by atoms with Crippen molar-refractivity contribution in [1.29, 1.82) is 0 Å². The standard InChI is InChI=1S/C24H27FN3O4P/c1-4-31-33(30,32-5-2)17-18-6-13-22(14-7-18)27-23(29)15-10-20-16-26-28(3)24(20)19-8-11-21(25)12-9-19/h6-16H,4-5,17H2,1-3H3,(H,27,29)/b15-10-. The molecule has 0 aliphatic rings. The first-order valence-electron chi connectivity index (χ1n) is 10.6. The molecule has 2 aromatic carbocycles. The Kier molecular flexibility index (Phi) is 8.33. The number of anilines is 1. The van der Waals surface area contributed by atoms with Gasteiger partial charge in [-0.25, -0.2) is 4.39 Å². The van der Waals surface area contributed by atoms with Gasteiger partial charge in [0.2, 0.25) is 5.91 Å². The Hall–Kier alpha value is -3.06. The number of nitrogens with one attached hydrogen (secondary N) is 1. The number of rotatable bonds is 10. The van der Waals surface area contributed by atoms with E-state index in [9.17, 15) is 13.8 Å². The molecule has 0 saturated heterocycles. The highest BCUT2D eigenvalue weighted by Crippen LogP contribution is 2.51. The average Bonchev–Trinajstić information content (AvgIpc) is 3.15. The number of hydrogen-bond acceptors (Lipinski definition) is 5. The molecule has 0 atom stereocenters. The molecule has 1 N–H and O–H groups in total. The highest BCUT2D eigenvalue weighted by Gasteiger charge is 2.23. The zero-order valence-electron chi connectivity index (χ0n) is 18.8. The van der Waals surface area contributed by atoms with Crippen LogP contribution < -0.4 is 5.32 Å². The number of nitrogens with zero attached hydrogens (tertiary/aromatic N) is 2. The maximum Gasteiger partial charge on any atom is 0.335 e. The van der Waals surface area contributed by atoms with Gasteiger partial charge in [-0.3, -0.25) is 14.0 Å². The van der Waals surface area contributed by atoms with Gasteiger partial charge >= 0.3 is 7.60 Å². The monoisotopic (exact) mass is 471 g/mol. The van der Waals surface area contributed by atoms with Crippen LogP contribution in [0.4, 0.5) is 10.1 Å². The first-order valence-corrected chi connectivity index (χ1v) is 12.3. The van der Waals surface area contributed by atoms with Crippen LogP contribution in [-0.4, -0.2) is 28.9 Å². The minimum absolute atomic E-state index is 0.163. The number of benzene rings is 2. The van der Waals surface area contributed by atoms with E-state index < -0.39 is 7.60 Å². The van der Waals surface area contributed by atoms with E-state index in [4.69, 9.17) is 9.05 Å². The molecular formula is C24H27FN3O4P. The highest BCUT2D eigenvalue weighted by molar-refractivity contribution is 7.53. The van der Waals surface area contributed by atoms with Crippen LogP contribution in [0.25, 0.3) is 17.3 Å². The van der Waals surface area contributed by atoms with E-state index >= 15 is 0 Å². The largest absolute Gasteiger partial charge is 0.335 e. The van der Waals surface area contributed by atoms with Gasteiger partial charge in [-0.1, -0.05) is 12.1 Å². The van der Waals surface area contributed by atoms with E-state index in [-0.39, 0.29) is 17.9 Å². The fourth-order valence-electron chi connectivity index (χ4n) is 3.33. The zero-order chi connectivity index (χ0) is 23.8. The van der Waals surface area contributed by atoms with Crippen LogP contribution in [-0.2, 0) is 31.6 Å². The van der Waals surface area contributed by atoms with Crippen LogP contribution in [0, 0.1) is 5.82 Å². The summed E-state index contributed by atoms with van der Waals surface area (Å²) in [5.74, 6) is -0.632. The first kappa shape index (κ1) is 24.6. The van der Waals surface area contributed by atoms with Crippen molar-refractivity contribution >= 4 is 25.3 Å². The number of hydrogen-bond donors (Lipinski definition) is 1. The van der Waals surface area contributed by atoms with Crippen LogP contribution in [0.15, 0.2) is 60.8 Å². The molecule has 3 rings (SSSR count). The molecule has 0 saturated carbocycles. The van der Waals surface area contributed by atoms with E-state index in [1.165, 1.54) is 18.2 Å². The van der Waals surface area contributed by atoms with Crippen LogP contribution in [0.3, 0.4) is 0 Å². The van der Waals surface area contributed by atoms with Crippen LogP contribution in [0.1, 0.15) is 25.0 Å². The molecule has 0 aliphatic heterocycles. The Morgan fingerprint density at radius 2 is 1.73 bits per heavy atom. The van der Waals surface area contributed by atoms with Gasteiger partial charge in [0.15, 0.2) is 0 Å². The van der Waals surface area contributed by atoms with Gasteiger partial charge in [0.05, 0.1) is 31.3 Å². The molecule has 0 radical (unpaired) electrons. The summed E-state index contributed by atoms with van der Waals surface area (Å²) in [6.45, 7) is 4.15. The predicted molar refractivity (Wildman–Crippen MR) is 127 cm³/mol. The number of carbonyl (C=O) groups excluding carboxylic acids is 1. The lowest BCUT2D eigenvalue weighted by molar-refractivity contribution is -0.111. The molecule has 0 bridgehead atoms. The zero-order valence-corrected chi connectivity index (χ0v) is 19.7. The summed E-state index contributed by atoms with van der Waals surface area (Å²) >= 11 is 0. The van der Waals surface area contributed by atoms with Crippen LogP contribution in [0.5, 0.6) is 0 Å². The van der Waals surface area contributed by atoms with Crippen molar-refractivity contribution in [2.24, 2.45) is 7.05 Å². The third-order valence-electron chi connectivity index (χ3n) is 4.75. The summed E-state index contributed by atoms with van der Waals surface area (Å²) in [5.41, 5.74) is 3.69. The fraction of sp³-hybridized carbons (Fsp3) is 0.250. The van der Waals surface area contributed by atoms with E-state index in [1.54, 1.807) is 74.2 Å². The SMILES string of the molecule is CCOP(=O)(Cc1ccc(NC(=O)/C=C\c2cnn(C)c2-c2ccc(F)cc2)cc1)OCC. The van der Waals surface area contributed by atoms with Gasteiger partial charge in [0, 0.05) is 29.9 Å². The molecule has 1 heterocycles. The minimum atomic E-state index is -3.19. The molecule has 174 valence electrons. The molecule has 1 amide bonds. The lowest BCUT2D eigenvalue weighted by Gasteiger charge is -2.17. The number of amides is 1. The van der Waals surface area contributed by atoms with Gasteiger partial charge in [-0.15, -0.1) is 0 Å². The summed E-state index contributed by atoms with van der Waals surface area (Å²) < 4.78 is 38.2. The van der Waals surface area contributed by atoms with Gasteiger partial charge in [-0.05, 0) is 61.9 Å². The number of carbonyl (C=O) groups is 1. The van der Waals surface area contributed by atoms with Gasteiger partial charge < -0.3 is 14.4 Å². The van der Waals surface area contributed by atoms with Crippen molar-refractivity contribution in [1.82, 2.24) is 9.78 Å². The van der Waals surface area contributed by atoms with Crippen LogP contribution in [0.2, 0.25) is 0 Å². The lowest BCUT2D eigenvalue weighted by atomic mass is 10.1. The molecule has 0 spiro atoms. The molecule has 0 unspecified atom stereocenters. The van der Waals surface area contributed by atoms with Crippen molar-refractivity contribution in [3.05, 3.63) is 77.7 Å². The Balaban J connectivity index is 1.66. The highest BCUT2D eigenvalue weighted by atomic mass is 31.2. The number of halogens is 1. The van der Waals surface area contributed by atoms with Gasteiger partial charge in [0.25, 0.3) is 0 Å². The average molecular weight is 471 g/mol. The summed E-state index contributed by atoms with van der Waals surface area (Å²) in [4.78, 5) is 12.4. The van der Waals surface area contributed by atoms with E-state index in [0.717, 1.165) is 22.4 Å². The second kappa shape index (κ2) is 11.2. The maximum absolute atomic E-state index is 13.2. The summed E-state index contributed by atoms with van der Waals surface area (Å²) in [6.07, 6.45) is 4.88. The molecule has 0 fully saturated rings. The molecule has 7 nitrogen and oxygen atoms in total. The van der Waals surface area contributed by atoms with Crippen molar-refractivity contribution in [2.45, 2.75) is 20.0 Å². The normalized spacial score (nSPS) is 11.8. The Morgan fingerprint density at radius 3 is 2.33 bits per heavy atom. The molecule has 33 heavy (non-hydrogen) atoms. The molecule has 3 aromatic rings. The fourth-order valence-corrected chi connectivity index (χ4v) is 5.03. The third kappa shape index (κ3) is 6.71. The smallest absolute Gasteiger partial charge is 0.323 e. The van der Waals surface area contributed by atoms with Crippen molar-refractivity contribution in [3.8, 4) is 11.3 Å². The van der Waals surface area contributed by atoms with E-state index in [1.807, 2.05) is 0 Å². The number of aryl methyl sites for hydroxylation is 1. The van der Waals surface area contributed by atoms with Gasteiger partial charge in [-0.2, -0.15) is 5.10 Å². The Labute approximate surface area is 192 Å².